The van der Waals surface area contributed by atoms with Crippen molar-refractivity contribution < 1.29 is 42.5 Å². The Labute approximate surface area is 154 Å². The molecular weight excluding hydrogens is 365 g/mol. The average molecular weight is 383 g/mol. The van der Waals surface area contributed by atoms with Gasteiger partial charge in [0.2, 0.25) is 0 Å². The Morgan fingerprint density at radius 2 is 1.63 bits per heavy atom. The number of benzene rings is 1. The standard InChI is InChI=1S/C17H18FNO8/c1-23-14-11(6-5-10(18)12(14)16(21)25-3)19-8-27-7-9(15(20)24-2)13(19)17(22)26-4/h5-6H,7-8H2,1-4H3. The van der Waals surface area contributed by atoms with Gasteiger partial charge in [0.15, 0.2) is 5.75 Å². The van der Waals surface area contributed by atoms with Crippen LogP contribution in [0.4, 0.5) is 10.1 Å². The van der Waals surface area contributed by atoms with Gasteiger partial charge in [-0.25, -0.2) is 18.8 Å². The molecule has 1 aliphatic heterocycles. The van der Waals surface area contributed by atoms with Crippen LogP contribution in [0, 0.1) is 5.82 Å². The summed E-state index contributed by atoms with van der Waals surface area (Å²) in [6.07, 6.45) is 0. The third kappa shape index (κ3) is 3.70. The largest absolute Gasteiger partial charge is 0.494 e. The third-order valence-electron chi connectivity index (χ3n) is 3.80. The minimum Gasteiger partial charge on any atom is -0.494 e. The number of hydrogen-bond acceptors (Lipinski definition) is 9. The molecule has 10 heteroatoms. The maximum absolute atomic E-state index is 14.2. The Balaban J connectivity index is 2.73. The summed E-state index contributed by atoms with van der Waals surface area (Å²) in [5, 5.41) is 0. The highest BCUT2D eigenvalue weighted by molar-refractivity contribution is 6.04. The minimum absolute atomic E-state index is 0.0957. The van der Waals surface area contributed by atoms with E-state index in [1.54, 1.807) is 0 Å². The number of esters is 3. The maximum Gasteiger partial charge on any atom is 0.355 e. The number of carbonyl (C=O) groups is 3. The van der Waals surface area contributed by atoms with Crippen LogP contribution >= 0.6 is 0 Å². The topological polar surface area (TPSA) is 101 Å². The molecular formula is C17H18FNO8. The molecule has 0 amide bonds. The van der Waals surface area contributed by atoms with Gasteiger partial charge in [-0.2, -0.15) is 0 Å². The van der Waals surface area contributed by atoms with Crippen molar-refractivity contribution in [1.82, 2.24) is 0 Å². The number of halogens is 1. The lowest BCUT2D eigenvalue weighted by molar-refractivity contribution is -0.140. The summed E-state index contributed by atoms with van der Waals surface area (Å²) in [7, 11) is 4.60. The Bertz CT molecular complexity index is 804. The lowest BCUT2D eigenvalue weighted by Gasteiger charge is -2.32. The summed E-state index contributed by atoms with van der Waals surface area (Å²) in [5.74, 6) is -3.69. The summed E-state index contributed by atoms with van der Waals surface area (Å²) in [6, 6.07) is 2.28. The van der Waals surface area contributed by atoms with Crippen LogP contribution < -0.4 is 9.64 Å². The number of carbonyl (C=O) groups excluding carboxylic acids is 3. The molecule has 0 aliphatic carbocycles. The maximum atomic E-state index is 14.2. The van der Waals surface area contributed by atoms with Gasteiger partial charge in [0.1, 0.15) is 23.8 Å². The average Bonchev–Trinajstić information content (AvgIpc) is 2.70. The molecule has 146 valence electrons. The van der Waals surface area contributed by atoms with Gasteiger partial charge in [-0.1, -0.05) is 0 Å². The zero-order chi connectivity index (χ0) is 20.1. The molecule has 0 bridgehead atoms. The van der Waals surface area contributed by atoms with Crippen LogP contribution in [0.2, 0.25) is 0 Å². The van der Waals surface area contributed by atoms with E-state index in [4.69, 9.17) is 14.2 Å². The molecule has 0 saturated heterocycles. The van der Waals surface area contributed by atoms with Crippen LogP contribution in [0.1, 0.15) is 10.4 Å². The van der Waals surface area contributed by atoms with Crippen molar-refractivity contribution in [3.8, 4) is 5.75 Å². The molecule has 0 atom stereocenters. The SMILES string of the molecule is COC(=O)C1=C(C(=O)OC)N(c2ccc(F)c(C(=O)OC)c2OC)COC1. The molecule has 0 N–H and O–H groups in total. The van der Waals surface area contributed by atoms with Crippen molar-refractivity contribution in [3.63, 3.8) is 0 Å². The number of ether oxygens (including phenoxy) is 5. The van der Waals surface area contributed by atoms with Gasteiger partial charge in [0.25, 0.3) is 0 Å². The second-order valence-corrected chi connectivity index (χ2v) is 5.18. The third-order valence-corrected chi connectivity index (χ3v) is 3.80. The first-order chi connectivity index (χ1) is 12.9. The summed E-state index contributed by atoms with van der Waals surface area (Å²) in [4.78, 5) is 37.6. The van der Waals surface area contributed by atoms with Gasteiger partial charge in [0, 0.05) is 0 Å². The Kier molecular flexibility index (Phi) is 6.35. The fourth-order valence-corrected chi connectivity index (χ4v) is 2.59. The van der Waals surface area contributed by atoms with E-state index in [0.717, 1.165) is 27.4 Å². The van der Waals surface area contributed by atoms with Crippen LogP contribution in [0.5, 0.6) is 5.75 Å². The first kappa shape index (κ1) is 20.2. The van der Waals surface area contributed by atoms with Crippen molar-refractivity contribution in [2.75, 3.05) is 46.7 Å². The lowest BCUT2D eigenvalue weighted by atomic mass is 10.1. The van der Waals surface area contributed by atoms with E-state index in [1.165, 1.54) is 18.1 Å². The molecule has 27 heavy (non-hydrogen) atoms. The summed E-state index contributed by atoms with van der Waals surface area (Å²) < 4.78 is 38.7. The number of hydrogen-bond donors (Lipinski definition) is 0. The Morgan fingerprint density at radius 1 is 1.00 bits per heavy atom. The van der Waals surface area contributed by atoms with Crippen LogP contribution in [-0.2, 0) is 28.5 Å². The molecule has 0 radical (unpaired) electrons. The van der Waals surface area contributed by atoms with Gasteiger partial charge in [-0.15, -0.1) is 0 Å². The van der Waals surface area contributed by atoms with Crippen LogP contribution in [0.25, 0.3) is 0 Å². The molecule has 9 nitrogen and oxygen atoms in total. The predicted molar refractivity (Wildman–Crippen MR) is 88.6 cm³/mol. The predicted octanol–water partition coefficient (Wildman–Crippen LogP) is 1.02. The summed E-state index contributed by atoms with van der Waals surface area (Å²) in [6.45, 7) is -0.380. The number of nitrogens with zero attached hydrogens (tertiary/aromatic N) is 1. The van der Waals surface area contributed by atoms with Gasteiger partial charge < -0.3 is 28.6 Å². The van der Waals surface area contributed by atoms with Gasteiger partial charge in [0.05, 0.1) is 46.3 Å². The monoisotopic (exact) mass is 383 g/mol. The van der Waals surface area contributed by atoms with E-state index in [0.29, 0.717) is 0 Å². The smallest absolute Gasteiger partial charge is 0.355 e. The number of methoxy groups -OCH3 is 4. The molecule has 1 aromatic carbocycles. The van der Waals surface area contributed by atoms with E-state index < -0.39 is 29.3 Å². The minimum atomic E-state index is -0.971. The highest BCUT2D eigenvalue weighted by atomic mass is 19.1. The Hall–Kier alpha value is -3.14. The van der Waals surface area contributed by atoms with Crippen LogP contribution in [0.15, 0.2) is 23.4 Å². The second kappa shape index (κ2) is 8.49. The summed E-state index contributed by atoms with van der Waals surface area (Å²) in [5.41, 5.74) is -0.634. The zero-order valence-electron chi connectivity index (χ0n) is 15.2. The van der Waals surface area contributed by atoms with E-state index >= 15 is 0 Å². The van der Waals surface area contributed by atoms with Crippen molar-refractivity contribution in [1.29, 1.82) is 0 Å². The van der Waals surface area contributed by atoms with Crippen LogP contribution in [-0.4, -0.2) is 59.7 Å². The molecule has 1 aliphatic rings. The fourth-order valence-electron chi connectivity index (χ4n) is 2.59. The van der Waals surface area contributed by atoms with Crippen molar-refractivity contribution >= 4 is 23.6 Å². The van der Waals surface area contributed by atoms with Crippen molar-refractivity contribution in [3.05, 3.63) is 34.8 Å². The highest BCUT2D eigenvalue weighted by Crippen LogP contribution is 2.38. The number of rotatable bonds is 5. The molecule has 0 saturated carbocycles. The van der Waals surface area contributed by atoms with Gasteiger partial charge in [-0.3, -0.25) is 0 Å². The zero-order valence-corrected chi connectivity index (χ0v) is 15.2. The lowest BCUT2D eigenvalue weighted by Crippen LogP contribution is -2.39. The Morgan fingerprint density at radius 3 is 2.19 bits per heavy atom. The molecule has 0 fully saturated rings. The first-order valence-corrected chi connectivity index (χ1v) is 7.61. The molecule has 2 rings (SSSR count). The van der Waals surface area contributed by atoms with E-state index in [9.17, 15) is 18.8 Å². The van der Waals surface area contributed by atoms with E-state index in [-0.39, 0.29) is 36.0 Å². The molecule has 1 aromatic rings. The fraction of sp³-hybridized carbons (Fsp3) is 0.353. The number of anilines is 1. The van der Waals surface area contributed by atoms with Gasteiger partial charge in [-0.05, 0) is 12.1 Å². The molecule has 0 unspecified atom stereocenters. The molecule has 1 heterocycles. The molecule has 0 spiro atoms. The highest BCUT2D eigenvalue weighted by Gasteiger charge is 2.35. The second-order valence-electron chi connectivity index (χ2n) is 5.18. The van der Waals surface area contributed by atoms with Crippen molar-refractivity contribution in [2.24, 2.45) is 0 Å². The van der Waals surface area contributed by atoms with Crippen molar-refractivity contribution in [2.45, 2.75) is 0 Å². The normalized spacial score (nSPS) is 13.9. The van der Waals surface area contributed by atoms with Crippen LogP contribution in [0.3, 0.4) is 0 Å². The summed E-state index contributed by atoms with van der Waals surface area (Å²) >= 11 is 0. The van der Waals surface area contributed by atoms with E-state index in [2.05, 4.69) is 9.47 Å². The quantitative estimate of drug-likeness (QED) is 0.545. The van der Waals surface area contributed by atoms with E-state index in [1.807, 2.05) is 0 Å². The van der Waals surface area contributed by atoms with Gasteiger partial charge >= 0.3 is 17.9 Å². The first-order valence-electron chi connectivity index (χ1n) is 7.61. The molecule has 0 aromatic heterocycles.